The smallest absolute Gasteiger partial charge is 0.131 e. The molecule has 0 amide bonds. The molecular formula is C10H19NO2. The monoisotopic (exact) mass is 185 g/mol. The van der Waals surface area contributed by atoms with Crippen LogP contribution in [0.5, 0.6) is 0 Å². The van der Waals surface area contributed by atoms with Crippen molar-refractivity contribution in [2.75, 3.05) is 13.1 Å². The highest BCUT2D eigenvalue weighted by Gasteiger charge is 2.25. The molecule has 13 heavy (non-hydrogen) atoms. The van der Waals surface area contributed by atoms with E-state index in [0.29, 0.717) is 19.0 Å². The molecule has 1 aliphatic heterocycles. The summed E-state index contributed by atoms with van der Waals surface area (Å²) in [7, 11) is 0. The Morgan fingerprint density at radius 3 is 2.92 bits per heavy atom. The topological polar surface area (TPSA) is 40.5 Å². The van der Waals surface area contributed by atoms with Crippen LogP contribution in [-0.2, 0) is 4.79 Å². The average Bonchev–Trinajstić information content (AvgIpc) is 2.34. The Labute approximate surface area is 79.7 Å². The van der Waals surface area contributed by atoms with Gasteiger partial charge in [-0.3, -0.25) is 9.69 Å². The molecule has 0 aromatic carbocycles. The number of nitrogens with zero attached hydrogens (tertiary/aromatic N) is 1. The zero-order chi connectivity index (χ0) is 9.84. The van der Waals surface area contributed by atoms with Gasteiger partial charge in [-0.15, -0.1) is 0 Å². The van der Waals surface area contributed by atoms with Gasteiger partial charge in [0.1, 0.15) is 5.78 Å². The molecule has 0 saturated carbocycles. The second-order valence-corrected chi connectivity index (χ2v) is 4.05. The largest absolute Gasteiger partial charge is 0.392 e. The summed E-state index contributed by atoms with van der Waals surface area (Å²) in [5.41, 5.74) is 0. The first-order valence-corrected chi connectivity index (χ1v) is 5.01. The number of hydrogen-bond acceptors (Lipinski definition) is 3. The van der Waals surface area contributed by atoms with Crippen molar-refractivity contribution in [1.29, 1.82) is 0 Å². The van der Waals surface area contributed by atoms with E-state index in [9.17, 15) is 9.90 Å². The third kappa shape index (κ3) is 3.44. The number of Topliss-reactive ketones (excluding diaryl/α,β-unsaturated/α-hetero) is 1. The van der Waals surface area contributed by atoms with Gasteiger partial charge in [-0.1, -0.05) is 0 Å². The summed E-state index contributed by atoms with van der Waals surface area (Å²) in [4.78, 5) is 13.2. The Kier molecular flexibility index (Phi) is 3.88. The maximum absolute atomic E-state index is 10.9. The molecule has 3 nitrogen and oxygen atoms in total. The lowest BCUT2D eigenvalue weighted by Gasteiger charge is -2.24. The van der Waals surface area contributed by atoms with Crippen LogP contribution in [0.15, 0.2) is 0 Å². The second-order valence-electron chi connectivity index (χ2n) is 4.05. The molecule has 1 rings (SSSR count). The first kappa shape index (κ1) is 10.7. The van der Waals surface area contributed by atoms with Gasteiger partial charge in [0.15, 0.2) is 0 Å². The standard InChI is InChI=1S/C10H19NO2/c1-8(12)6-10-4-3-5-11(10)7-9(2)13/h9-10,13H,3-7H2,1-2H3. The molecule has 0 aromatic heterocycles. The van der Waals surface area contributed by atoms with Crippen LogP contribution in [0.2, 0.25) is 0 Å². The lowest BCUT2D eigenvalue weighted by atomic mass is 10.1. The van der Waals surface area contributed by atoms with Crippen LogP contribution in [0.1, 0.15) is 33.1 Å². The first-order valence-electron chi connectivity index (χ1n) is 5.01. The molecule has 1 heterocycles. The van der Waals surface area contributed by atoms with E-state index in [2.05, 4.69) is 4.90 Å². The number of hydrogen-bond donors (Lipinski definition) is 1. The number of carbonyl (C=O) groups is 1. The van der Waals surface area contributed by atoms with Crippen LogP contribution in [-0.4, -0.2) is 41.0 Å². The van der Waals surface area contributed by atoms with E-state index >= 15 is 0 Å². The number of rotatable bonds is 4. The molecule has 3 heteroatoms. The molecule has 0 bridgehead atoms. The molecule has 1 N–H and O–H groups in total. The van der Waals surface area contributed by atoms with Gasteiger partial charge in [0, 0.05) is 19.0 Å². The third-order valence-corrected chi connectivity index (χ3v) is 2.52. The molecule has 1 fully saturated rings. The molecule has 0 aliphatic carbocycles. The van der Waals surface area contributed by atoms with Gasteiger partial charge in [0.05, 0.1) is 6.10 Å². The molecule has 0 spiro atoms. The summed E-state index contributed by atoms with van der Waals surface area (Å²) in [6, 6.07) is 0.382. The number of aliphatic hydroxyl groups is 1. The van der Waals surface area contributed by atoms with Crippen LogP contribution in [0, 0.1) is 0 Å². The fourth-order valence-electron chi connectivity index (χ4n) is 2.04. The van der Waals surface area contributed by atoms with Gasteiger partial charge in [-0.05, 0) is 33.2 Å². The van der Waals surface area contributed by atoms with Crippen molar-refractivity contribution < 1.29 is 9.90 Å². The van der Waals surface area contributed by atoms with Crippen LogP contribution in [0.3, 0.4) is 0 Å². The molecule has 1 aliphatic rings. The predicted molar refractivity (Wildman–Crippen MR) is 51.6 cm³/mol. The van der Waals surface area contributed by atoms with Gasteiger partial charge in [0.2, 0.25) is 0 Å². The number of β-amino-alcohol motifs (C(OH)–C–C–N with tert-alkyl or cyclic N) is 1. The molecule has 1 saturated heterocycles. The van der Waals surface area contributed by atoms with Crippen molar-refractivity contribution >= 4 is 5.78 Å². The van der Waals surface area contributed by atoms with Crippen LogP contribution < -0.4 is 0 Å². The van der Waals surface area contributed by atoms with Crippen molar-refractivity contribution in [1.82, 2.24) is 4.90 Å². The maximum Gasteiger partial charge on any atom is 0.131 e. The van der Waals surface area contributed by atoms with E-state index in [1.807, 2.05) is 0 Å². The van der Waals surface area contributed by atoms with Crippen molar-refractivity contribution in [2.45, 2.75) is 45.3 Å². The van der Waals surface area contributed by atoms with Gasteiger partial charge < -0.3 is 5.11 Å². The molecule has 0 radical (unpaired) electrons. The summed E-state index contributed by atoms with van der Waals surface area (Å²) in [5, 5.41) is 9.24. The van der Waals surface area contributed by atoms with Crippen molar-refractivity contribution in [2.24, 2.45) is 0 Å². The van der Waals surface area contributed by atoms with Crippen LogP contribution >= 0.6 is 0 Å². The Bertz CT molecular complexity index is 180. The summed E-state index contributed by atoms with van der Waals surface area (Å²) in [5.74, 6) is 0.252. The Hall–Kier alpha value is -0.410. The molecule has 2 atom stereocenters. The first-order chi connectivity index (χ1) is 6.09. The molecule has 2 unspecified atom stereocenters. The fraction of sp³-hybridized carbons (Fsp3) is 0.900. The quantitative estimate of drug-likeness (QED) is 0.704. The van der Waals surface area contributed by atoms with Gasteiger partial charge in [0.25, 0.3) is 0 Å². The van der Waals surface area contributed by atoms with E-state index in [-0.39, 0.29) is 11.9 Å². The second kappa shape index (κ2) is 4.72. The van der Waals surface area contributed by atoms with Crippen molar-refractivity contribution in [3.05, 3.63) is 0 Å². The van der Waals surface area contributed by atoms with E-state index < -0.39 is 0 Å². The highest BCUT2D eigenvalue weighted by atomic mass is 16.3. The lowest BCUT2D eigenvalue weighted by Crippen LogP contribution is -2.36. The minimum atomic E-state index is -0.285. The minimum absolute atomic E-state index is 0.252. The normalized spacial score (nSPS) is 26.2. The number of carbonyl (C=O) groups excluding carboxylic acids is 1. The van der Waals surface area contributed by atoms with Gasteiger partial charge in [-0.25, -0.2) is 0 Å². The number of likely N-dealkylation sites (tertiary alicyclic amines) is 1. The zero-order valence-electron chi connectivity index (χ0n) is 8.49. The van der Waals surface area contributed by atoms with E-state index in [1.54, 1.807) is 13.8 Å². The Balaban J connectivity index is 2.39. The maximum atomic E-state index is 10.9. The van der Waals surface area contributed by atoms with Crippen molar-refractivity contribution in [3.63, 3.8) is 0 Å². The number of ketones is 1. The Morgan fingerprint density at radius 1 is 1.69 bits per heavy atom. The highest BCUT2D eigenvalue weighted by Crippen LogP contribution is 2.20. The van der Waals surface area contributed by atoms with Crippen LogP contribution in [0.4, 0.5) is 0 Å². The molecule has 0 aromatic rings. The van der Waals surface area contributed by atoms with Gasteiger partial charge >= 0.3 is 0 Å². The summed E-state index contributed by atoms with van der Waals surface area (Å²) >= 11 is 0. The van der Waals surface area contributed by atoms with E-state index in [1.165, 1.54) is 0 Å². The highest BCUT2D eigenvalue weighted by molar-refractivity contribution is 5.76. The summed E-state index contributed by atoms with van der Waals surface area (Å²) in [6.45, 7) is 5.17. The van der Waals surface area contributed by atoms with Gasteiger partial charge in [-0.2, -0.15) is 0 Å². The third-order valence-electron chi connectivity index (χ3n) is 2.52. The zero-order valence-corrected chi connectivity index (χ0v) is 8.49. The lowest BCUT2D eigenvalue weighted by molar-refractivity contribution is -0.118. The van der Waals surface area contributed by atoms with E-state index in [4.69, 9.17) is 0 Å². The Morgan fingerprint density at radius 2 is 2.38 bits per heavy atom. The predicted octanol–water partition coefficient (Wildman–Crippen LogP) is 0.811. The summed E-state index contributed by atoms with van der Waals surface area (Å²) < 4.78 is 0. The minimum Gasteiger partial charge on any atom is -0.392 e. The number of aliphatic hydroxyl groups excluding tert-OH is 1. The SMILES string of the molecule is CC(=O)CC1CCCN1CC(C)O. The average molecular weight is 185 g/mol. The van der Waals surface area contributed by atoms with Crippen LogP contribution in [0.25, 0.3) is 0 Å². The molecular weight excluding hydrogens is 166 g/mol. The fourth-order valence-corrected chi connectivity index (χ4v) is 2.04. The van der Waals surface area contributed by atoms with Crippen molar-refractivity contribution in [3.8, 4) is 0 Å². The molecule has 76 valence electrons. The van der Waals surface area contributed by atoms with E-state index in [0.717, 1.165) is 19.4 Å². The summed E-state index contributed by atoms with van der Waals surface area (Å²) in [6.07, 6.45) is 2.62.